The van der Waals surface area contributed by atoms with E-state index in [4.69, 9.17) is 9.47 Å². The Hall–Kier alpha value is -1.21. The lowest BCUT2D eigenvalue weighted by atomic mass is 9.88. The molecule has 0 radical (unpaired) electrons. The monoisotopic (exact) mass is 435 g/mol. The zero-order chi connectivity index (χ0) is 22.3. The van der Waals surface area contributed by atoms with E-state index in [0.717, 1.165) is 32.1 Å². The van der Waals surface area contributed by atoms with E-state index in [0.29, 0.717) is 64.2 Å². The van der Waals surface area contributed by atoms with Gasteiger partial charge in [-0.3, -0.25) is 4.79 Å². The minimum Gasteiger partial charge on any atom is -0.392 e. The molecule has 5 atom stereocenters. The summed E-state index contributed by atoms with van der Waals surface area (Å²) >= 11 is 0. The third kappa shape index (κ3) is 7.14. The van der Waals surface area contributed by atoms with Gasteiger partial charge in [0, 0.05) is 19.0 Å². The number of carbonyl (C=O) groups excluding carboxylic acids is 1. The number of morpholine rings is 1. The lowest BCUT2D eigenvalue weighted by Gasteiger charge is -2.26. The molecule has 31 heavy (non-hydrogen) atoms. The van der Waals surface area contributed by atoms with Crippen LogP contribution in [0.5, 0.6) is 0 Å². The molecule has 1 saturated carbocycles. The second kappa shape index (κ2) is 11.6. The van der Waals surface area contributed by atoms with Crippen molar-refractivity contribution < 1.29 is 24.5 Å². The van der Waals surface area contributed by atoms with Crippen molar-refractivity contribution in [2.24, 2.45) is 17.8 Å². The first kappa shape index (κ1) is 24.4. The predicted octanol–water partition coefficient (Wildman–Crippen LogP) is 3.08. The van der Waals surface area contributed by atoms with Crippen molar-refractivity contribution >= 4 is 5.91 Å². The Morgan fingerprint density at radius 2 is 2.16 bits per heavy atom. The van der Waals surface area contributed by atoms with E-state index in [2.05, 4.69) is 25.2 Å². The number of aliphatic hydroxyl groups excluding tert-OH is 1. The average molecular weight is 436 g/mol. The van der Waals surface area contributed by atoms with Crippen molar-refractivity contribution in [2.45, 2.75) is 70.5 Å². The number of amides is 1. The molecule has 1 heterocycles. The fourth-order valence-corrected chi connectivity index (χ4v) is 5.18. The maximum Gasteiger partial charge on any atom is 0.225 e. The van der Waals surface area contributed by atoms with Crippen LogP contribution in [0.4, 0.5) is 0 Å². The summed E-state index contributed by atoms with van der Waals surface area (Å²) in [7, 11) is 0. The van der Waals surface area contributed by atoms with E-state index in [9.17, 15) is 15.0 Å². The van der Waals surface area contributed by atoms with Crippen LogP contribution < -0.4 is 0 Å². The van der Waals surface area contributed by atoms with E-state index in [1.165, 1.54) is 5.57 Å². The van der Waals surface area contributed by atoms with Gasteiger partial charge in [0.05, 0.1) is 44.6 Å². The quantitative estimate of drug-likeness (QED) is 0.385. The number of aliphatic hydroxyl groups is 2. The van der Waals surface area contributed by atoms with Crippen LogP contribution in [0.15, 0.2) is 23.8 Å². The number of fused-ring (bicyclic) bond motifs is 1. The summed E-state index contributed by atoms with van der Waals surface area (Å²) < 4.78 is 11.1. The number of allylic oxidation sites excluding steroid dienone is 1. The highest BCUT2D eigenvalue weighted by Gasteiger charge is 2.43. The molecule has 0 unspecified atom stereocenters. The number of carbonyl (C=O) groups is 1. The Kier molecular flexibility index (Phi) is 9.14. The van der Waals surface area contributed by atoms with Crippen molar-refractivity contribution in [3.05, 3.63) is 23.8 Å². The van der Waals surface area contributed by atoms with Crippen molar-refractivity contribution in [3.8, 4) is 0 Å². The lowest BCUT2D eigenvalue weighted by molar-refractivity contribution is -0.136. The first-order valence-corrected chi connectivity index (χ1v) is 12.1. The number of ether oxygens (including phenoxy) is 2. The number of rotatable bonds is 11. The van der Waals surface area contributed by atoms with Crippen LogP contribution in [-0.4, -0.2) is 72.2 Å². The van der Waals surface area contributed by atoms with E-state index in [1.807, 2.05) is 11.8 Å². The summed E-state index contributed by atoms with van der Waals surface area (Å²) in [4.78, 5) is 14.0. The predicted molar refractivity (Wildman–Crippen MR) is 121 cm³/mol. The molecule has 0 aromatic carbocycles. The highest BCUT2D eigenvalue weighted by molar-refractivity contribution is 5.76. The summed E-state index contributed by atoms with van der Waals surface area (Å²) in [5.74, 6) is 1.10. The van der Waals surface area contributed by atoms with Gasteiger partial charge in [-0.25, -0.2) is 0 Å². The first-order chi connectivity index (χ1) is 14.9. The third-order valence-electron chi connectivity index (χ3n) is 7.05. The van der Waals surface area contributed by atoms with Gasteiger partial charge in [0.15, 0.2) is 0 Å². The fraction of sp³-hybridized carbons (Fsp3) is 0.800. The Labute approximate surface area is 187 Å². The van der Waals surface area contributed by atoms with Gasteiger partial charge in [0.1, 0.15) is 0 Å². The number of hydrogen-bond donors (Lipinski definition) is 2. The molecule has 1 aliphatic heterocycles. The minimum absolute atomic E-state index is 0.142. The van der Waals surface area contributed by atoms with Crippen LogP contribution in [-0.2, 0) is 14.3 Å². The average Bonchev–Trinajstić information content (AvgIpc) is 3.27. The first-order valence-electron chi connectivity index (χ1n) is 12.1. The second-order valence-corrected chi connectivity index (χ2v) is 9.77. The standard InChI is InChI=1S/C25H41NO5/c1-3-4-8-25(2,29)9-5-6-21-22-16-19(15-20(22)17-23(21)27)18-31-12-7-24(28)26-10-13-30-14-11-26/h5-6,15,20-23,27,29H,3-4,7-14,16-18H2,1-2H3/t20-,21+,22-,23+,25-/m0/s1. The summed E-state index contributed by atoms with van der Waals surface area (Å²) in [6.45, 7) is 7.66. The molecule has 2 N–H and O–H groups in total. The normalized spacial score (nSPS) is 30.5. The molecule has 3 aliphatic rings. The highest BCUT2D eigenvalue weighted by Crippen LogP contribution is 2.47. The SMILES string of the molecule is CCCC[C@](C)(O)CC=C[C@@H]1[C@H]2CC(COCCC(=O)N3CCOCC3)=C[C@H]2C[C@H]1O. The van der Waals surface area contributed by atoms with Crippen LogP contribution in [0.2, 0.25) is 0 Å². The van der Waals surface area contributed by atoms with E-state index >= 15 is 0 Å². The molecule has 2 fully saturated rings. The van der Waals surface area contributed by atoms with Crippen LogP contribution in [0.1, 0.15) is 58.8 Å². The molecule has 176 valence electrons. The largest absolute Gasteiger partial charge is 0.392 e. The van der Waals surface area contributed by atoms with Gasteiger partial charge in [-0.1, -0.05) is 38.0 Å². The van der Waals surface area contributed by atoms with Crippen molar-refractivity contribution in [3.63, 3.8) is 0 Å². The van der Waals surface area contributed by atoms with Crippen molar-refractivity contribution in [1.29, 1.82) is 0 Å². The van der Waals surface area contributed by atoms with Crippen molar-refractivity contribution in [2.75, 3.05) is 39.5 Å². The van der Waals surface area contributed by atoms with E-state index in [-0.39, 0.29) is 17.9 Å². The fourth-order valence-electron chi connectivity index (χ4n) is 5.18. The Morgan fingerprint density at radius 3 is 2.90 bits per heavy atom. The van der Waals surface area contributed by atoms with Crippen molar-refractivity contribution in [1.82, 2.24) is 4.90 Å². The minimum atomic E-state index is -0.666. The molecule has 6 nitrogen and oxygen atoms in total. The summed E-state index contributed by atoms with van der Waals surface area (Å²) in [6.07, 6.45) is 11.9. The topological polar surface area (TPSA) is 79.2 Å². The molecule has 1 amide bonds. The summed E-state index contributed by atoms with van der Waals surface area (Å²) in [6, 6.07) is 0. The number of nitrogens with zero attached hydrogens (tertiary/aromatic N) is 1. The molecule has 1 saturated heterocycles. The summed E-state index contributed by atoms with van der Waals surface area (Å²) in [5, 5.41) is 21.0. The molecular formula is C25H41NO5. The van der Waals surface area contributed by atoms with E-state index in [1.54, 1.807) is 0 Å². The molecular weight excluding hydrogens is 394 g/mol. The molecule has 2 aliphatic carbocycles. The zero-order valence-electron chi connectivity index (χ0n) is 19.3. The Bertz CT molecular complexity index is 638. The van der Waals surface area contributed by atoms with Crippen LogP contribution >= 0.6 is 0 Å². The number of unbranched alkanes of at least 4 members (excludes halogenated alkanes) is 1. The Morgan fingerprint density at radius 1 is 1.39 bits per heavy atom. The molecule has 6 heteroatoms. The van der Waals surface area contributed by atoms with Gasteiger partial charge in [-0.2, -0.15) is 0 Å². The van der Waals surface area contributed by atoms with Crippen LogP contribution in [0.25, 0.3) is 0 Å². The highest BCUT2D eigenvalue weighted by atomic mass is 16.5. The number of hydrogen-bond acceptors (Lipinski definition) is 5. The van der Waals surface area contributed by atoms with Gasteiger partial charge in [-0.05, 0) is 50.0 Å². The molecule has 0 aromatic rings. The maximum atomic E-state index is 12.2. The van der Waals surface area contributed by atoms with Gasteiger partial charge in [0.25, 0.3) is 0 Å². The van der Waals surface area contributed by atoms with Gasteiger partial charge < -0.3 is 24.6 Å². The second-order valence-electron chi connectivity index (χ2n) is 9.77. The van der Waals surface area contributed by atoms with Crippen LogP contribution in [0.3, 0.4) is 0 Å². The van der Waals surface area contributed by atoms with E-state index < -0.39 is 5.60 Å². The smallest absolute Gasteiger partial charge is 0.225 e. The van der Waals surface area contributed by atoms with Gasteiger partial charge in [-0.15, -0.1) is 0 Å². The zero-order valence-corrected chi connectivity index (χ0v) is 19.3. The van der Waals surface area contributed by atoms with Gasteiger partial charge in [0.2, 0.25) is 5.91 Å². The van der Waals surface area contributed by atoms with Gasteiger partial charge >= 0.3 is 0 Å². The maximum absolute atomic E-state index is 12.2. The molecule has 0 aromatic heterocycles. The molecule has 0 bridgehead atoms. The molecule has 0 spiro atoms. The molecule has 3 rings (SSSR count). The lowest BCUT2D eigenvalue weighted by Crippen LogP contribution is -2.41. The summed E-state index contributed by atoms with van der Waals surface area (Å²) in [5.41, 5.74) is 0.621. The van der Waals surface area contributed by atoms with Crippen LogP contribution in [0, 0.1) is 17.8 Å². The Balaban J connectivity index is 1.39. The third-order valence-corrected chi connectivity index (χ3v) is 7.05.